The lowest BCUT2D eigenvalue weighted by molar-refractivity contribution is 0.0696. The second kappa shape index (κ2) is 6.51. The summed E-state index contributed by atoms with van der Waals surface area (Å²) >= 11 is 1.73. The Bertz CT molecular complexity index is 323. The highest BCUT2D eigenvalue weighted by Gasteiger charge is 2.02. The first-order valence-corrected chi connectivity index (χ1v) is 6.18. The van der Waals surface area contributed by atoms with Crippen molar-refractivity contribution in [3.05, 3.63) is 29.8 Å². The molecule has 82 valence electrons. The largest absolute Gasteiger partial charge is 0.478 e. The van der Waals surface area contributed by atoms with Crippen LogP contribution in [0, 0.1) is 0 Å². The molecule has 0 fully saturated rings. The molecule has 1 N–H and O–H groups in total. The van der Waals surface area contributed by atoms with Crippen molar-refractivity contribution in [2.45, 2.75) is 31.1 Å². The zero-order chi connectivity index (χ0) is 11.1. The van der Waals surface area contributed by atoms with Crippen molar-refractivity contribution < 1.29 is 9.90 Å². The first-order chi connectivity index (χ1) is 7.24. The van der Waals surface area contributed by atoms with E-state index in [1.807, 2.05) is 6.07 Å². The average Bonchev–Trinajstić information content (AvgIpc) is 2.25. The lowest BCUT2D eigenvalue weighted by Crippen LogP contribution is -1.95. The number of carboxylic acids is 1. The van der Waals surface area contributed by atoms with Crippen molar-refractivity contribution in [2.24, 2.45) is 0 Å². The lowest BCUT2D eigenvalue weighted by Gasteiger charge is -2.02. The summed E-state index contributed by atoms with van der Waals surface area (Å²) in [5.41, 5.74) is 0.371. The quantitative estimate of drug-likeness (QED) is 0.591. The van der Waals surface area contributed by atoms with Gasteiger partial charge in [0.2, 0.25) is 0 Å². The number of carbonyl (C=O) groups is 1. The summed E-state index contributed by atoms with van der Waals surface area (Å²) < 4.78 is 0. The fraction of sp³-hybridized carbons (Fsp3) is 0.417. The molecule has 3 heteroatoms. The molecular weight excluding hydrogens is 208 g/mol. The second-order valence-corrected chi connectivity index (χ2v) is 4.56. The van der Waals surface area contributed by atoms with Gasteiger partial charge in [-0.05, 0) is 30.4 Å². The van der Waals surface area contributed by atoms with Gasteiger partial charge in [-0.15, -0.1) is 11.8 Å². The maximum Gasteiger partial charge on any atom is 0.335 e. The smallest absolute Gasteiger partial charge is 0.335 e. The molecule has 1 rings (SSSR count). The predicted octanol–water partition coefficient (Wildman–Crippen LogP) is 3.67. The topological polar surface area (TPSA) is 37.3 Å². The van der Waals surface area contributed by atoms with E-state index < -0.39 is 5.97 Å². The molecule has 0 atom stereocenters. The number of hydrogen-bond donors (Lipinski definition) is 1. The number of rotatable bonds is 6. The molecule has 0 unspecified atom stereocenters. The third-order valence-electron chi connectivity index (χ3n) is 2.10. The first-order valence-electron chi connectivity index (χ1n) is 5.20. The average molecular weight is 224 g/mol. The van der Waals surface area contributed by atoms with Crippen LogP contribution >= 0.6 is 11.8 Å². The Hall–Kier alpha value is -0.960. The van der Waals surface area contributed by atoms with Crippen LogP contribution in [0.1, 0.15) is 36.5 Å². The summed E-state index contributed by atoms with van der Waals surface area (Å²) in [5, 5.41) is 8.81. The molecular formula is C12H16O2S. The third kappa shape index (κ3) is 4.38. The Morgan fingerprint density at radius 2 is 2.20 bits per heavy atom. The van der Waals surface area contributed by atoms with E-state index in [4.69, 9.17) is 5.11 Å². The van der Waals surface area contributed by atoms with Gasteiger partial charge in [0.1, 0.15) is 0 Å². The zero-order valence-corrected chi connectivity index (χ0v) is 9.72. The van der Waals surface area contributed by atoms with Crippen molar-refractivity contribution in [1.29, 1.82) is 0 Å². The van der Waals surface area contributed by atoms with E-state index in [-0.39, 0.29) is 0 Å². The SMILES string of the molecule is CCCCCSc1cccc(C(=O)O)c1. The van der Waals surface area contributed by atoms with Gasteiger partial charge in [0.15, 0.2) is 0 Å². The fourth-order valence-corrected chi connectivity index (χ4v) is 2.23. The van der Waals surface area contributed by atoms with Gasteiger partial charge in [0.25, 0.3) is 0 Å². The normalized spacial score (nSPS) is 10.2. The molecule has 0 aliphatic carbocycles. The van der Waals surface area contributed by atoms with Gasteiger partial charge >= 0.3 is 5.97 Å². The van der Waals surface area contributed by atoms with Crippen LogP contribution in [0.5, 0.6) is 0 Å². The van der Waals surface area contributed by atoms with Gasteiger partial charge in [0, 0.05) is 4.90 Å². The molecule has 2 nitrogen and oxygen atoms in total. The molecule has 0 saturated heterocycles. The fourth-order valence-electron chi connectivity index (χ4n) is 1.26. The number of thioether (sulfide) groups is 1. The van der Waals surface area contributed by atoms with E-state index in [9.17, 15) is 4.79 Å². The van der Waals surface area contributed by atoms with Gasteiger partial charge in [-0.25, -0.2) is 4.79 Å². The van der Waals surface area contributed by atoms with E-state index in [1.165, 1.54) is 19.3 Å². The van der Waals surface area contributed by atoms with Crippen molar-refractivity contribution >= 4 is 17.7 Å². The third-order valence-corrected chi connectivity index (χ3v) is 3.18. The molecule has 0 bridgehead atoms. The van der Waals surface area contributed by atoms with Crippen molar-refractivity contribution in [1.82, 2.24) is 0 Å². The zero-order valence-electron chi connectivity index (χ0n) is 8.90. The number of aromatic carboxylic acids is 1. The monoisotopic (exact) mass is 224 g/mol. The van der Waals surface area contributed by atoms with Gasteiger partial charge in [-0.1, -0.05) is 25.8 Å². The molecule has 0 radical (unpaired) electrons. The number of unbranched alkanes of at least 4 members (excludes halogenated alkanes) is 2. The minimum atomic E-state index is -0.856. The Labute approximate surface area is 94.7 Å². The molecule has 15 heavy (non-hydrogen) atoms. The van der Waals surface area contributed by atoms with Crippen LogP contribution in [0.4, 0.5) is 0 Å². The van der Waals surface area contributed by atoms with Crippen molar-refractivity contribution in [2.75, 3.05) is 5.75 Å². The van der Waals surface area contributed by atoms with Crippen LogP contribution in [0.25, 0.3) is 0 Å². The number of carboxylic acid groups (broad SMARTS) is 1. The Morgan fingerprint density at radius 3 is 2.87 bits per heavy atom. The van der Waals surface area contributed by atoms with Crippen LogP contribution in [0.3, 0.4) is 0 Å². The summed E-state index contributed by atoms with van der Waals surface area (Å²) in [6, 6.07) is 7.12. The highest BCUT2D eigenvalue weighted by molar-refractivity contribution is 7.99. The van der Waals surface area contributed by atoms with Crippen LogP contribution in [-0.4, -0.2) is 16.8 Å². The molecule has 0 amide bonds. The van der Waals surface area contributed by atoms with Gasteiger partial charge < -0.3 is 5.11 Å². The Morgan fingerprint density at radius 1 is 1.40 bits per heavy atom. The highest BCUT2D eigenvalue weighted by Crippen LogP contribution is 2.20. The summed E-state index contributed by atoms with van der Waals surface area (Å²) in [6.07, 6.45) is 3.65. The van der Waals surface area contributed by atoms with Crippen LogP contribution in [0.15, 0.2) is 29.2 Å². The van der Waals surface area contributed by atoms with E-state index in [1.54, 1.807) is 30.0 Å². The van der Waals surface area contributed by atoms with Gasteiger partial charge in [-0.2, -0.15) is 0 Å². The second-order valence-electron chi connectivity index (χ2n) is 3.39. The summed E-state index contributed by atoms with van der Waals surface area (Å²) in [6.45, 7) is 2.18. The Kier molecular flexibility index (Phi) is 5.26. The summed E-state index contributed by atoms with van der Waals surface area (Å²) in [7, 11) is 0. The van der Waals surface area contributed by atoms with E-state index >= 15 is 0 Å². The maximum atomic E-state index is 10.7. The first kappa shape index (κ1) is 12.1. The summed E-state index contributed by atoms with van der Waals surface area (Å²) in [5.74, 6) is 0.211. The van der Waals surface area contributed by atoms with Crippen LogP contribution in [0.2, 0.25) is 0 Å². The molecule has 0 aliphatic heterocycles. The maximum absolute atomic E-state index is 10.7. The van der Waals surface area contributed by atoms with Gasteiger partial charge in [-0.3, -0.25) is 0 Å². The molecule has 1 aromatic rings. The summed E-state index contributed by atoms with van der Waals surface area (Å²) in [4.78, 5) is 11.8. The molecule has 0 spiro atoms. The minimum absolute atomic E-state index is 0.371. The molecule has 1 aromatic carbocycles. The lowest BCUT2D eigenvalue weighted by atomic mass is 10.2. The standard InChI is InChI=1S/C12H16O2S/c1-2-3-4-8-15-11-7-5-6-10(9-11)12(13)14/h5-7,9H,2-4,8H2,1H3,(H,13,14). The molecule has 0 aliphatic rings. The molecule has 0 saturated carbocycles. The molecule has 0 aromatic heterocycles. The highest BCUT2D eigenvalue weighted by atomic mass is 32.2. The van der Waals surface area contributed by atoms with Crippen molar-refractivity contribution in [3.63, 3.8) is 0 Å². The van der Waals surface area contributed by atoms with Crippen LogP contribution in [-0.2, 0) is 0 Å². The van der Waals surface area contributed by atoms with Crippen LogP contribution < -0.4 is 0 Å². The van der Waals surface area contributed by atoms with Gasteiger partial charge in [0.05, 0.1) is 5.56 Å². The van der Waals surface area contributed by atoms with E-state index in [2.05, 4.69) is 6.92 Å². The predicted molar refractivity (Wildman–Crippen MR) is 63.7 cm³/mol. The molecule has 0 heterocycles. The van der Waals surface area contributed by atoms with E-state index in [0.29, 0.717) is 5.56 Å². The van der Waals surface area contributed by atoms with E-state index in [0.717, 1.165) is 10.6 Å². The van der Waals surface area contributed by atoms with Crippen molar-refractivity contribution in [3.8, 4) is 0 Å². The number of benzene rings is 1. The minimum Gasteiger partial charge on any atom is -0.478 e. The number of hydrogen-bond acceptors (Lipinski definition) is 2. The Balaban J connectivity index is 2.47.